The molecule has 4 heterocycles. The van der Waals surface area contributed by atoms with Crippen molar-refractivity contribution in [1.82, 2.24) is 19.8 Å². The summed E-state index contributed by atoms with van der Waals surface area (Å²) < 4.78 is 1.88. The number of piperidine rings is 1. The van der Waals surface area contributed by atoms with Gasteiger partial charge in [0.2, 0.25) is 5.82 Å². The van der Waals surface area contributed by atoms with Gasteiger partial charge in [-0.05, 0) is 68.9 Å². The van der Waals surface area contributed by atoms with Crippen LogP contribution >= 0.6 is 0 Å². The molecule has 9 nitrogen and oxygen atoms in total. The van der Waals surface area contributed by atoms with E-state index in [9.17, 15) is 14.7 Å². The van der Waals surface area contributed by atoms with Crippen LogP contribution in [0.1, 0.15) is 76.7 Å². The average molecular weight is 505 g/mol. The average Bonchev–Trinajstić information content (AvgIpc) is 3.04. The number of anilines is 1. The fourth-order valence-electron chi connectivity index (χ4n) is 8.30. The van der Waals surface area contributed by atoms with Gasteiger partial charge in [0.1, 0.15) is 0 Å². The number of amides is 2. The van der Waals surface area contributed by atoms with E-state index >= 15 is 0 Å². The molecule has 37 heavy (non-hydrogen) atoms. The van der Waals surface area contributed by atoms with E-state index in [1.54, 1.807) is 0 Å². The number of nitrogens with one attached hydrogen (secondary N) is 1. The molecule has 2 saturated heterocycles. The van der Waals surface area contributed by atoms with Crippen LogP contribution in [0.15, 0.2) is 34.2 Å². The van der Waals surface area contributed by atoms with Crippen LogP contribution in [0.4, 0.5) is 10.6 Å². The molecule has 5 aliphatic rings. The van der Waals surface area contributed by atoms with Crippen LogP contribution < -0.4 is 15.9 Å². The first kappa shape index (κ1) is 23.3. The number of nitrogens with zero attached hydrogens (tertiary/aromatic N) is 5. The van der Waals surface area contributed by atoms with E-state index in [1.165, 1.54) is 64.0 Å². The van der Waals surface area contributed by atoms with E-state index in [4.69, 9.17) is 0 Å². The number of aliphatic hydroxyl groups is 1. The summed E-state index contributed by atoms with van der Waals surface area (Å²) in [6, 6.07) is 8.77. The van der Waals surface area contributed by atoms with Crippen molar-refractivity contribution in [3.8, 4) is 0 Å². The minimum atomic E-state index is -1.17. The molecule has 7 rings (SSSR count). The highest BCUT2D eigenvalue weighted by atomic mass is 16.3. The Kier molecular flexibility index (Phi) is 5.81. The standard InChI is InChI=1S/C28H36N6O3/c35-25-16-29-34(28(37)31-25)26-27(36)33(24-8-4-3-7-23(24)30-26)22-14-19-9-10-20(15-22)32(19)21-12-17-5-1-2-6-18(11-17)13-21/h3-4,7-8,16-22,25,35H,1-2,5-6,9-15H2,(H,31,37)/t17-,18+,19-,20+,21?,22?,25?. The number of carbonyl (C=O) groups excluding carboxylic acids is 1. The van der Waals surface area contributed by atoms with E-state index in [0.29, 0.717) is 23.6 Å². The van der Waals surface area contributed by atoms with Crippen molar-refractivity contribution < 1.29 is 9.90 Å². The molecule has 4 fully saturated rings. The second-order valence-corrected chi connectivity index (χ2v) is 11.9. The Bertz CT molecular complexity index is 1260. The Hall–Kier alpha value is -2.78. The molecular formula is C28H36N6O3. The van der Waals surface area contributed by atoms with Gasteiger partial charge in [-0.1, -0.05) is 37.8 Å². The molecule has 2 aromatic rings. The maximum Gasteiger partial charge on any atom is 0.346 e. The van der Waals surface area contributed by atoms with Gasteiger partial charge in [0.15, 0.2) is 6.23 Å². The molecule has 2 amide bonds. The Labute approximate surface area is 216 Å². The maximum absolute atomic E-state index is 13.9. The number of hydrogen-bond acceptors (Lipinski definition) is 6. The van der Waals surface area contributed by atoms with Crippen molar-refractivity contribution >= 4 is 29.1 Å². The first-order valence-electron chi connectivity index (χ1n) is 14.2. The van der Waals surface area contributed by atoms with Gasteiger partial charge in [0.25, 0.3) is 5.56 Å². The van der Waals surface area contributed by atoms with E-state index in [-0.39, 0.29) is 17.4 Å². The summed E-state index contributed by atoms with van der Waals surface area (Å²) in [6.45, 7) is 0. The van der Waals surface area contributed by atoms with Crippen molar-refractivity contribution in [2.75, 3.05) is 5.01 Å². The minimum Gasteiger partial charge on any atom is -0.368 e. The summed E-state index contributed by atoms with van der Waals surface area (Å²) in [5, 5.41) is 17.1. The van der Waals surface area contributed by atoms with Crippen molar-refractivity contribution in [2.24, 2.45) is 16.9 Å². The van der Waals surface area contributed by atoms with Gasteiger partial charge >= 0.3 is 6.03 Å². The lowest BCUT2D eigenvalue weighted by Crippen LogP contribution is -2.52. The lowest BCUT2D eigenvalue weighted by Gasteiger charge is -2.48. The van der Waals surface area contributed by atoms with Crippen LogP contribution in [0.2, 0.25) is 0 Å². The zero-order valence-electron chi connectivity index (χ0n) is 21.2. The minimum absolute atomic E-state index is 0.0227. The van der Waals surface area contributed by atoms with Crippen molar-refractivity contribution in [3.63, 3.8) is 0 Å². The summed E-state index contributed by atoms with van der Waals surface area (Å²) in [4.78, 5) is 33.9. The largest absolute Gasteiger partial charge is 0.368 e. The number of aliphatic hydroxyl groups excluding tert-OH is 1. The van der Waals surface area contributed by atoms with E-state index in [1.807, 2.05) is 28.8 Å². The Morgan fingerprint density at radius 2 is 1.54 bits per heavy atom. The van der Waals surface area contributed by atoms with Gasteiger partial charge in [-0.2, -0.15) is 10.1 Å². The predicted molar refractivity (Wildman–Crippen MR) is 142 cm³/mol. The van der Waals surface area contributed by atoms with Crippen molar-refractivity contribution in [1.29, 1.82) is 0 Å². The molecule has 2 aliphatic carbocycles. The van der Waals surface area contributed by atoms with Crippen LogP contribution in [0, 0.1) is 11.8 Å². The Balaban J connectivity index is 1.22. The van der Waals surface area contributed by atoms with Crippen LogP contribution in [-0.2, 0) is 0 Å². The molecule has 9 heteroatoms. The summed E-state index contributed by atoms with van der Waals surface area (Å²) in [5.74, 6) is 1.77. The van der Waals surface area contributed by atoms with Gasteiger partial charge in [-0.15, -0.1) is 0 Å². The third-order valence-electron chi connectivity index (χ3n) is 9.67. The molecule has 3 aliphatic heterocycles. The number of para-hydroxylation sites is 2. The van der Waals surface area contributed by atoms with Gasteiger partial charge in [0.05, 0.1) is 17.2 Å². The topological polar surface area (TPSA) is 103 Å². The molecular weight excluding hydrogens is 468 g/mol. The van der Waals surface area contributed by atoms with E-state index < -0.39 is 12.3 Å². The lowest BCUT2D eigenvalue weighted by molar-refractivity contribution is 0.0204. The molecule has 4 bridgehead atoms. The summed E-state index contributed by atoms with van der Waals surface area (Å²) >= 11 is 0. The molecule has 3 unspecified atom stereocenters. The Morgan fingerprint density at radius 1 is 0.838 bits per heavy atom. The van der Waals surface area contributed by atoms with Gasteiger partial charge < -0.3 is 15.0 Å². The smallest absolute Gasteiger partial charge is 0.346 e. The van der Waals surface area contributed by atoms with Crippen molar-refractivity contribution in [3.05, 3.63) is 34.6 Å². The molecule has 2 saturated carbocycles. The molecule has 0 spiro atoms. The van der Waals surface area contributed by atoms with E-state index in [0.717, 1.165) is 35.2 Å². The van der Waals surface area contributed by atoms with Gasteiger partial charge in [-0.25, -0.2) is 9.78 Å². The quantitative estimate of drug-likeness (QED) is 0.663. The highest BCUT2D eigenvalue weighted by molar-refractivity contribution is 5.96. The molecule has 0 radical (unpaired) electrons. The Morgan fingerprint density at radius 3 is 2.24 bits per heavy atom. The number of aromatic nitrogens is 2. The van der Waals surface area contributed by atoms with Gasteiger partial charge in [0, 0.05) is 24.2 Å². The second kappa shape index (κ2) is 9.20. The third-order valence-corrected chi connectivity index (χ3v) is 9.67. The summed E-state index contributed by atoms with van der Waals surface area (Å²) in [6.07, 6.45) is 14.1. The first-order chi connectivity index (χ1) is 18.0. The maximum atomic E-state index is 13.9. The number of fused-ring (bicyclic) bond motifs is 5. The lowest BCUT2D eigenvalue weighted by atomic mass is 9.76. The normalized spacial score (nSPS) is 36.0. The van der Waals surface area contributed by atoms with Crippen LogP contribution in [0.5, 0.6) is 0 Å². The van der Waals surface area contributed by atoms with Crippen LogP contribution in [-0.4, -0.2) is 56.2 Å². The molecule has 2 N–H and O–H groups in total. The summed E-state index contributed by atoms with van der Waals surface area (Å²) in [5.41, 5.74) is 1.17. The zero-order valence-corrected chi connectivity index (χ0v) is 21.2. The molecule has 7 atom stereocenters. The third kappa shape index (κ3) is 4.07. The molecule has 196 valence electrons. The number of rotatable bonds is 3. The fraction of sp³-hybridized carbons (Fsp3) is 0.643. The molecule has 1 aromatic heterocycles. The summed E-state index contributed by atoms with van der Waals surface area (Å²) in [7, 11) is 0. The SMILES string of the molecule is O=C1NC(O)C=NN1c1nc2ccccc2n(C2C[C@H]3CC[C@@H](C2)N3C2C[C@H]3CCCC[C@@H](C2)C3)c1=O. The first-order valence-corrected chi connectivity index (χ1v) is 14.2. The number of hydrogen-bond donors (Lipinski definition) is 2. The van der Waals surface area contributed by atoms with Crippen LogP contribution in [0.3, 0.4) is 0 Å². The van der Waals surface area contributed by atoms with E-state index in [2.05, 4.69) is 20.3 Å². The van der Waals surface area contributed by atoms with Crippen LogP contribution in [0.25, 0.3) is 11.0 Å². The number of benzene rings is 1. The highest BCUT2D eigenvalue weighted by Crippen LogP contribution is 2.48. The number of hydrazone groups is 1. The monoisotopic (exact) mass is 504 g/mol. The molecule has 1 aromatic carbocycles. The van der Waals surface area contributed by atoms with Crippen molar-refractivity contribution in [2.45, 2.75) is 101 Å². The fourth-order valence-corrected chi connectivity index (χ4v) is 8.30. The highest BCUT2D eigenvalue weighted by Gasteiger charge is 2.47. The number of carbonyl (C=O) groups is 1. The zero-order chi connectivity index (χ0) is 25.1. The number of urea groups is 1. The second-order valence-electron chi connectivity index (χ2n) is 11.9. The predicted octanol–water partition coefficient (Wildman–Crippen LogP) is 3.76. The van der Waals surface area contributed by atoms with Gasteiger partial charge in [-0.3, -0.25) is 9.69 Å².